The van der Waals surface area contributed by atoms with Crippen LogP contribution in [0.25, 0.3) is 6.08 Å². The topological polar surface area (TPSA) is 46.6 Å². The Kier molecular flexibility index (Phi) is 7.56. The molecule has 0 spiro atoms. The first-order valence-electron chi connectivity index (χ1n) is 10.4. The van der Waals surface area contributed by atoms with Gasteiger partial charge in [0.05, 0.1) is 4.91 Å². The van der Waals surface area contributed by atoms with Gasteiger partial charge < -0.3 is 4.74 Å². The molecule has 2 amide bonds. The van der Waals surface area contributed by atoms with Gasteiger partial charge >= 0.3 is 0 Å². The first-order valence-corrected chi connectivity index (χ1v) is 12.8. The summed E-state index contributed by atoms with van der Waals surface area (Å²) >= 11 is 7.95. The Balaban J connectivity index is 1.50. The molecule has 4 nitrogen and oxygen atoms in total. The number of hydrogen-bond donors (Lipinski definition) is 0. The molecule has 2 fully saturated rings. The molecule has 4 rings (SSSR count). The molecule has 1 saturated carbocycles. The van der Waals surface area contributed by atoms with Crippen molar-refractivity contribution >= 4 is 60.8 Å². The normalized spacial score (nSPS) is 18.8. The van der Waals surface area contributed by atoms with Crippen molar-refractivity contribution < 1.29 is 14.3 Å². The average Bonchev–Trinajstić information content (AvgIpc) is 3.02. The van der Waals surface area contributed by atoms with E-state index < -0.39 is 0 Å². The number of thioether (sulfide) groups is 1. The fraction of sp³-hybridized carbons (Fsp3) is 0.333. The van der Waals surface area contributed by atoms with Crippen LogP contribution in [0.3, 0.4) is 0 Å². The largest absolute Gasteiger partial charge is 0.488 e. The van der Waals surface area contributed by atoms with Crippen LogP contribution in [0.1, 0.15) is 43.2 Å². The molecule has 1 aliphatic carbocycles. The molecule has 1 saturated heterocycles. The van der Waals surface area contributed by atoms with E-state index in [0.29, 0.717) is 29.7 Å². The summed E-state index contributed by atoms with van der Waals surface area (Å²) in [6.07, 6.45) is 7.60. The Labute approximate surface area is 203 Å². The number of halogens is 2. The number of carbonyl (C=O) groups is 2. The van der Waals surface area contributed by atoms with Crippen LogP contribution < -0.4 is 4.74 Å². The number of nitrogens with zero attached hydrogens (tertiary/aromatic N) is 1. The van der Waals surface area contributed by atoms with E-state index in [1.54, 1.807) is 6.08 Å². The predicted octanol–water partition coefficient (Wildman–Crippen LogP) is 7.41. The van der Waals surface area contributed by atoms with Gasteiger partial charge in [0.1, 0.15) is 12.4 Å². The highest BCUT2D eigenvalue weighted by Crippen LogP contribution is 2.36. The Bertz CT molecular complexity index is 1000. The number of amides is 2. The van der Waals surface area contributed by atoms with Crippen molar-refractivity contribution in [3.63, 3.8) is 0 Å². The van der Waals surface area contributed by atoms with Crippen LogP contribution in [0.2, 0.25) is 0 Å². The zero-order valence-corrected chi connectivity index (χ0v) is 21.0. The standard InChI is InChI=1S/C24H23Br2NO3S/c25-19-8-6-17(7-9-19)15-30-21-11-10-20(26)12-18(21)13-22-23(28)27(24(29)31-22)14-16-4-2-1-3-5-16/h6-13,16H,1-5,14-15H2/b22-13+. The lowest BCUT2D eigenvalue weighted by atomic mass is 9.89. The lowest BCUT2D eigenvalue weighted by Crippen LogP contribution is -2.34. The lowest BCUT2D eigenvalue weighted by molar-refractivity contribution is -0.123. The summed E-state index contributed by atoms with van der Waals surface area (Å²) in [4.78, 5) is 27.4. The van der Waals surface area contributed by atoms with E-state index in [9.17, 15) is 9.59 Å². The number of rotatable bonds is 6. The first kappa shape index (κ1) is 22.6. The zero-order chi connectivity index (χ0) is 21.8. The summed E-state index contributed by atoms with van der Waals surface area (Å²) in [7, 11) is 0. The molecule has 1 heterocycles. The van der Waals surface area contributed by atoms with E-state index in [2.05, 4.69) is 31.9 Å². The molecule has 7 heteroatoms. The molecule has 0 aromatic heterocycles. The van der Waals surface area contributed by atoms with Crippen LogP contribution in [0.15, 0.2) is 56.3 Å². The Morgan fingerprint density at radius 3 is 2.45 bits per heavy atom. The molecule has 31 heavy (non-hydrogen) atoms. The van der Waals surface area contributed by atoms with Crippen molar-refractivity contribution in [1.82, 2.24) is 4.90 Å². The van der Waals surface area contributed by atoms with E-state index >= 15 is 0 Å². The quantitative estimate of drug-likeness (QED) is 0.343. The third-order valence-electron chi connectivity index (χ3n) is 5.61. The Morgan fingerprint density at radius 1 is 1.00 bits per heavy atom. The lowest BCUT2D eigenvalue weighted by Gasteiger charge is -2.25. The van der Waals surface area contributed by atoms with Crippen molar-refractivity contribution in [2.24, 2.45) is 5.92 Å². The highest BCUT2D eigenvalue weighted by Gasteiger charge is 2.36. The first-order chi connectivity index (χ1) is 15.0. The van der Waals surface area contributed by atoms with E-state index in [4.69, 9.17) is 4.74 Å². The SMILES string of the molecule is O=C1S/C(=C/c2cc(Br)ccc2OCc2ccc(Br)cc2)C(=O)N1CC1CCCCC1. The maximum absolute atomic E-state index is 13.0. The van der Waals surface area contributed by atoms with Crippen LogP contribution in [0.5, 0.6) is 5.75 Å². The van der Waals surface area contributed by atoms with Gasteiger partial charge in [0, 0.05) is 21.1 Å². The van der Waals surface area contributed by atoms with Gasteiger partial charge in [-0.2, -0.15) is 0 Å². The van der Waals surface area contributed by atoms with Gasteiger partial charge in [-0.05, 0) is 72.5 Å². The summed E-state index contributed by atoms with van der Waals surface area (Å²) in [5, 5.41) is -0.172. The molecule has 162 valence electrons. The van der Waals surface area contributed by atoms with E-state index in [1.807, 2.05) is 42.5 Å². The minimum Gasteiger partial charge on any atom is -0.488 e. The van der Waals surface area contributed by atoms with Gasteiger partial charge in [-0.3, -0.25) is 14.5 Å². The molecule has 0 bridgehead atoms. The molecule has 0 unspecified atom stereocenters. The minimum absolute atomic E-state index is 0.172. The van der Waals surface area contributed by atoms with Gasteiger partial charge in [-0.1, -0.05) is 63.3 Å². The van der Waals surface area contributed by atoms with Crippen molar-refractivity contribution in [2.75, 3.05) is 6.54 Å². The molecule has 2 aromatic rings. The number of imide groups is 1. The highest BCUT2D eigenvalue weighted by molar-refractivity contribution is 9.10. The molecular weight excluding hydrogens is 542 g/mol. The summed E-state index contributed by atoms with van der Waals surface area (Å²) in [6, 6.07) is 13.6. The maximum Gasteiger partial charge on any atom is 0.293 e. The highest BCUT2D eigenvalue weighted by atomic mass is 79.9. The minimum atomic E-state index is -0.195. The molecule has 2 aromatic carbocycles. The molecule has 0 atom stereocenters. The van der Waals surface area contributed by atoms with Crippen LogP contribution in [-0.4, -0.2) is 22.6 Å². The fourth-order valence-corrected chi connectivity index (χ4v) is 5.41. The molecule has 1 aliphatic heterocycles. The number of hydrogen-bond acceptors (Lipinski definition) is 4. The summed E-state index contributed by atoms with van der Waals surface area (Å²) in [5.41, 5.74) is 1.82. The number of benzene rings is 2. The summed E-state index contributed by atoms with van der Waals surface area (Å²) in [5.74, 6) is 0.905. The van der Waals surface area contributed by atoms with E-state index in [1.165, 1.54) is 24.2 Å². The van der Waals surface area contributed by atoms with Crippen molar-refractivity contribution in [3.05, 3.63) is 67.4 Å². The van der Waals surface area contributed by atoms with Crippen molar-refractivity contribution in [2.45, 2.75) is 38.7 Å². The predicted molar refractivity (Wildman–Crippen MR) is 132 cm³/mol. The van der Waals surface area contributed by atoms with Crippen molar-refractivity contribution in [3.8, 4) is 5.75 Å². The third-order valence-corrected chi connectivity index (χ3v) is 7.53. The van der Waals surface area contributed by atoms with Gasteiger partial charge in [0.2, 0.25) is 0 Å². The zero-order valence-electron chi connectivity index (χ0n) is 17.0. The van der Waals surface area contributed by atoms with Crippen LogP contribution in [-0.2, 0) is 11.4 Å². The molecule has 0 radical (unpaired) electrons. The molecule has 0 N–H and O–H groups in total. The van der Waals surface area contributed by atoms with Crippen LogP contribution in [0.4, 0.5) is 4.79 Å². The second-order valence-electron chi connectivity index (χ2n) is 7.89. The maximum atomic E-state index is 13.0. The molecular formula is C24H23Br2NO3S. The van der Waals surface area contributed by atoms with Gasteiger partial charge in [0.25, 0.3) is 11.1 Å². The summed E-state index contributed by atoms with van der Waals surface area (Å²) < 4.78 is 7.94. The van der Waals surface area contributed by atoms with Crippen molar-refractivity contribution in [1.29, 1.82) is 0 Å². The number of ether oxygens (including phenoxy) is 1. The van der Waals surface area contributed by atoms with Crippen LogP contribution >= 0.6 is 43.6 Å². The molecule has 2 aliphatic rings. The third kappa shape index (κ3) is 5.82. The van der Waals surface area contributed by atoms with Gasteiger partial charge in [-0.25, -0.2) is 0 Å². The van der Waals surface area contributed by atoms with Crippen LogP contribution in [0, 0.1) is 5.92 Å². The van der Waals surface area contributed by atoms with E-state index in [0.717, 1.165) is 44.7 Å². The number of carbonyl (C=O) groups excluding carboxylic acids is 2. The Morgan fingerprint density at radius 2 is 1.71 bits per heavy atom. The smallest absolute Gasteiger partial charge is 0.293 e. The second-order valence-corrected chi connectivity index (χ2v) is 10.7. The monoisotopic (exact) mass is 563 g/mol. The van der Waals surface area contributed by atoms with Gasteiger partial charge in [-0.15, -0.1) is 0 Å². The average molecular weight is 565 g/mol. The van der Waals surface area contributed by atoms with Gasteiger partial charge in [0.15, 0.2) is 0 Å². The summed E-state index contributed by atoms with van der Waals surface area (Å²) in [6.45, 7) is 0.951. The van der Waals surface area contributed by atoms with E-state index in [-0.39, 0.29) is 11.1 Å². The Hall–Kier alpha value is -1.57. The fourth-order valence-electron chi connectivity index (χ4n) is 3.93. The second kappa shape index (κ2) is 10.4.